The quantitative estimate of drug-likeness (QED) is 0.378. The van der Waals surface area contributed by atoms with E-state index < -0.39 is 15.6 Å². The molecular formula is C33H38N4O4S. The minimum absolute atomic E-state index is 0.195. The molecule has 1 aliphatic heterocycles. The Bertz CT molecular complexity index is 1510. The van der Waals surface area contributed by atoms with E-state index in [4.69, 9.17) is 4.74 Å². The van der Waals surface area contributed by atoms with Gasteiger partial charge in [-0.2, -0.15) is 22.7 Å². The highest BCUT2D eigenvalue weighted by Gasteiger charge is 2.42. The molecule has 42 heavy (non-hydrogen) atoms. The summed E-state index contributed by atoms with van der Waals surface area (Å²) in [7, 11) is -2.16. The van der Waals surface area contributed by atoms with Gasteiger partial charge in [0.2, 0.25) is 0 Å². The molecule has 1 amide bonds. The molecule has 0 radical (unpaired) electrons. The molecule has 1 saturated carbocycles. The molecule has 2 N–H and O–H groups in total. The van der Waals surface area contributed by atoms with E-state index in [-0.39, 0.29) is 17.4 Å². The standard InChI is InChI=1S/C33H38N4O4S/c1-41-30-15-9-8-14-29(30)31(38)35-25-33(27-12-6-3-7-13-27)18-16-28(17-19-33)36-42(39,40)37-22-20-32(24-34,21-23-37)26-10-4-2-5-11-26/h2-15,28,36H,16-23,25H2,1H3,(H,35,38). The Hall–Kier alpha value is -3.71. The van der Waals surface area contributed by atoms with Crippen molar-refractivity contribution in [3.8, 4) is 11.8 Å². The van der Waals surface area contributed by atoms with Crippen LogP contribution in [0.15, 0.2) is 84.9 Å². The molecule has 9 heteroatoms. The molecule has 3 aromatic carbocycles. The van der Waals surface area contributed by atoms with Gasteiger partial charge in [-0.05, 0) is 61.8 Å². The SMILES string of the molecule is COc1ccccc1C(=O)NCC1(c2ccccc2)CCC(NS(=O)(=O)N2CCC(C#N)(c3ccccc3)CC2)CC1. The summed E-state index contributed by atoms with van der Waals surface area (Å²) in [6.07, 6.45) is 3.67. The summed E-state index contributed by atoms with van der Waals surface area (Å²) in [5.41, 5.74) is 1.59. The number of carbonyl (C=O) groups is 1. The highest BCUT2D eigenvalue weighted by Crippen LogP contribution is 2.40. The lowest BCUT2D eigenvalue weighted by molar-refractivity contribution is 0.0932. The number of ether oxygens (including phenoxy) is 1. The third kappa shape index (κ3) is 6.21. The zero-order chi connectivity index (χ0) is 29.6. The Morgan fingerprint density at radius 2 is 1.48 bits per heavy atom. The zero-order valence-corrected chi connectivity index (χ0v) is 24.8. The number of methoxy groups -OCH3 is 1. The van der Waals surface area contributed by atoms with Crippen molar-refractivity contribution in [1.82, 2.24) is 14.3 Å². The van der Waals surface area contributed by atoms with E-state index >= 15 is 0 Å². The van der Waals surface area contributed by atoms with Gasteiger partial charge in [-0.1, -0.05) is 72.8 Å². The van der Waals surface area contributed by atoms with Crippen LogP contribution in [0, 0.1) is 11.3 Å². The van der Waals surface area contributed by atoms with E-state index in [0.29, 0.717) is 56.6 Å². The van der Waals surface area contributed by atoms with Crippen LogP contribution < -0.4 is 14.8 Å². The van der Waals surface area contributed by atoms with Gasteiger partial charge >= 0.3 is 0 Å². The van der Waals surface area contributed by atoms with Crippen LogP contribution in [0.5, 0.6) is 5.75 Å². The first-order valence-corrected chi connectivity index (χ1v) is 16.0. The molecule has 220 valence electrons. The molecule has 0 aromatic heterocycles. The molecule has 3 aromatic rings. The van der Waals surface area contributed by atoms with Gasteiger partial charge < -0.3 is 10.1 Å². The van der Waals surface area contributed by atoms with Crippen LogP contribution in [0.2, 0.25) is 0 Å². The monoisotopic (exact) mass is 586 g/mol. The molecule has 0 unspecified atom stereocenters. The van der Waals surface area contributed by atoms with Crippen molar-refractivity contribution in [2.75, 3.05) is 26.7 Å². The minimum Gasteiger partial charge on any atom is -0.496 e. The molecule has 2 aliphatic rings. The van der Waals surface area contributed by atoms with Crippen LogP contribution >= 0.6 is 0 Å². The smallest absolute Gasteiger partial charge is 0.279 e. The lowest BCUT2D eigenvalue weighted by Gasteiger charge is -2.42. The summed E-state index contributed by atoms with van der Waals surface area (Å²) in [5.74, 6) is 0.329. The summed E-state index contributed by atoms with van der Waals surface area (Å²) < 4.78 is 36.6. The van der Waals surface area contributed by atoms with Gasteiger partial charge in [0.1, 0.15) is 5.75 Å². The maximum atomic E-state index is 13.4. The Balaban J connectivity index is 1.23. The summed E-state index contributed by atoms with van der Waals surface area (Å²) in [6.45, 7) is 1.04. The fourth-order valence-electron chi connectivity index (χ4n) is 6.44. The first-order chi connectivity index (χ1) is 20.3. The Morgan fingerprint density at radius 3 is 2.07 bits per heavy atom. The van der Waals surface area contributed by atoms with Crippen LogP contribution in [0.4, 0.5) is 0 Å². The van der Waals surface area contributed by atoms with Gasteiger partial charge in [-0.25, -0.2) is 0 Å². The Morgan fingerprint density at radius 1 is 0.905 bits per heavy atom. The number of benzene rings is 3. The topological polar surface area (TPSA) is 112 Å². The predicted molar refractivity (Wildman–Crippen MR) is 162 cm³/mol. The normalized spacial score (nSPS) is 22.5. The third-order valence-corrected chi connectivity index (χ3v) is 10.7. The van der Waals surface area contributed by atoms with Gasteiger partial charge in [0.15, 0.2) is 0 Å². The number of hydrogen-bond donors (Lipinski definition) is 2. The van der Waals surface area contributed by atoms with Gasteiger partial charge in [-0.3, -0.25) is 4.79 Å². The Labute approximate surface area is 248 Å². The van der Waals surface area contributed by atoms with Crippen LogP contribution in [0.3, 0.4) is 0 Å². The van der Waals surface area contributed by atoms with E-state index in [1.807, 2.05) is 60.7 Å². The first kappa shape index (κ1) is 29.8. The number of hydrogen-bond acceptors (Lipinski definition) is 5. The second-order valence-corrected chi connectivity index (χ2v) is 13.1. The number of carbonyl (C=O) groups excluding carboxylic acids is 1. The maximum Gasteiger partial charge on any atom is 0.279 e. The van der Waals surface area contributed by atoms with Gasteiger partial charge in [-0.15, -0.1) is 0 Å². The third-order valence-electron chi connectivity index (χ3n) is 9.04. The molecule has 1 aliphatic carbocycles. The number of piperidine rings is 1. The van der Waals surface area contributed by atoms with Gasteiger partial charge in [0.05, 0.1) is 24.2 Å². The molecular weight excluding hydrogens is 548 g/mol. The molecule has 0 bridgehead atoms. The van der Waals surface area contributed by atoms with Crippen LogP contribution in [-0.4, -0.2) is 51.4 Å². The molecule has 2 fully saturated rings. The molecule has 1 heterocycles. The van der Waals surface area contributed by atoms with Crippen LogP contribution in [0.1, 0.15) is 60.0 Å². The second kappa shape index (κ2) is 12.7. The van der Waals surface area contributed by atoms with Crippen molar-refractivity contribution in [3.05, 3.63) is 102 Å². The van der Waals surface area contributed by atoms with Crippen molar-refractivity contribution >= 4 is 16.1 Å². The van der Waals surface area contributed by atoms with E-state index in [1.54, 1.807) is 19.2 Å². The van der Waals surface area contributed by atoms with Crippen molar-refractivity contribution in [1.29, 1.82) is 5.26 Å². The van der Waals surface area contributed by atoms with E-state index in [0.717, 1.165) is 24.0 Å². The molecule has 8 nitrogen and oxygen atoms in total. The molecule has 1 saturated heterocycles. The summed E-state index contributed by atoms with van der Waals surface area (Å²) in [5, 5.41) is 13.1. The van der Waals surface area contributed by atoms with Crippen molar-refractivity contribution in [3.63, 3.8) is 0 Å². The minimum atomic E-state index is -3.70. The fraction of sp³-hybridized carbons (Fsp3) is 0.394. The first-order valence-electron chi connectivity index (χ1n) is 14.5. The number of nitrogens with one attached hydrogen (secondary N) is 2. The number of nitrogens with zero attached hydrogens (tertiary/aromatic N) is 2. The lowest BCUT2D eigenvalue weighted by Crippen LogP contribution is -2.53. The largest absolute Gasteiger partial charge is 0.496 e. The number of amides is 1. The lowest BCUT2D eigenvalue weighted by atomic mass is 9.68. The highest BCUT2D eigenvalue weighted by molar-refractivity contribution is 7.87. The van der Waals surface area contributed by atoms with Gasteiger partial charge in [0, 0.05) is 31.1 Å². The Kier molecular flexibility index (Phi) is 8.97. The highest BCUT2D eigenvalue weighted by atomic mass is 32.2. The van der Waals surface area contributed by atoms with Gasteiger partial charge in [0.25, 0.3) is 16.1 Å². The van der Waals surface area contributed by atoms with Crippen LogP contribution in [-0.2, 0) is 21.0 Å². The number of nitriles is 1. The average molecular weight is 587 g/mol. The summed E-state index contributed by atoms with van der Waals surface area (Å²) >= 11 is 0. The average Bonchev–Trinajstić information content (AvgIpc) is 3.05. The van der Waals surface area contributed by atoms with E-state index in [9.17, 15) is 18.5 Å². The summed E-state index contributed by atoms with van der Waals surface area (Å²) in [4.78, 5) is 13.1. The number of para-hydroxylation sites is 1. The van der Waals surface area contributed by atoms with E-state index in [1.165, 1.54) is 4.31 Å². The van der Waals surface area contributed by atoms with Crippen molar-refractivity contribution < 1.29 is 17.9 Å². The second-order valence-electron chi connectivity index (χ2n) is 11.4. The molecule has 5 rings (SSSR count). The molecule has 0 atom stereocenters. The summed E-state index contributed by atoms with van der Waals surface area (Å²) in [6, 6.07) is 29.2. The zero-order valence-electron chi connectivity index (χ0n) is 24.0. The maximum absolute atomic E-state index is 13.4. The van der Waals surface area contributed by atoms with Crippen molar-refractivity contribution in [2.45, 2.75) is 55.4 Å². The fourth-order valence-corrected chi connectivity index (χ4v) is 7.91. The molecule has 0 spiro atoms. The van der Waals surface area contributed by atoms with Crippen molar-refractivity contribution in [2.24, 2.45) is 0 Å². The number of rotatable bonds is 9. The van der Waals surface area contributed by atoms with Crippen LogP contribution in [0.25, 0.3) is 0 Å². The predicted octanol–water partition coefficient (Wildman–Crippen LogP) is 4.70. The van der Waals surface area contributed by atoms with E-state index in [2.05, 4.69) is 28.2 Å².